The second-order valence-electron chi connectivity index (χ2n) is 3.80. The van der Waals surface area contributed by atoms with Gasteiger partial charge in [-0.05, 0) is 25.1 Å². The molecule has 2 N–H and O–H groups in total. The Bertz CT molecular complexity index is 770. The monoisotopic (exact) mass is 316 g/mol. The molecule has 0 amide bonds. The van der Waals surface area contributed by atoms with Gasteiger partial charge in [0.15, 0.2) is 4.21 Å². The van der Waals surface area contributed by atoms with Crippen molar-refractivity contribution in [1.29, 1.82) is 0 Å². The summed E-state index contributed by atoms with van der Waals surface area (Å²) in [5, 5.41) is 9.36. The maximum Gasteiger partial charge on any atom is 0.338 e. The van der Waals surface area contributed by atoms with Crippen LogP contribution >= 0.6 is 11.3 Å². The lowest BCUT2D eigenvalue weighted by atomic mass is 10.2. The third kappa shape index (κ3) is 2.94. The lowest BCUT2D eigenvalue weighted by Crippen LogP contribution is -2.12. The highest BCUT2D eigenvalue weighted by Gasteiger charge is 2.19. The van der Waals surface area contributed by atoms with Crippen molar-refractivity contribution < 1.29 is 22.7 Å². The van der Waals surface area contributed by atoms with Crippen LogP contribution in [0.2, 0.25) is 0 Å². The van der Waals surface area contributed by atoms with Crippen molar-refractivity contribution in [3.8, 4) is 0 Å². The number of aryl methyl sites for hydroxylation is 1. The Labute approximate surface area is 118 Å². The molecule has 0 saturated carbocycles. The van der Waals surface area contributed by atoms with Gasteiger partial charge >= 0.3 is 5.97 Å². The molecule has 0 saturated heterocycles. The number of hydrogen-bond acceptors (Lipinski definition) is 5. The number of carboxylic acid groups (broad SMARTS) is 1. The van der Waals surface area contributed by atoms with E-state index >= 15 is 0 Å². The van der Waals surface area contributed by atoms with Gasteiger partial charge in [0.1, 0.15) is 5.82 Å². The number of hydrogen-bond donors (Lipinski definition) is 2. The van der Waals surface area contributed by atoms with Gasteiger partial charge in [-0.1, -0.05) is 0 Å². The molecule has 0 radical (unpaired) electrons. The summed E-state index contributed by atoms with van der Waals surface area (Å²) >= 11 is 0.976. The zero-order chi connectivity index (χ0) is 14.9. The Hall–Kier alpha value is -2.00. The van der Waals surface area contributed by atoms with Crippen molar-refractivity contribution in [2.24, 2.45) is 0 Å². The first-order chi connectivity index (χ1) is 9.29. The highest BCUT2D eigenvalue weighted by atomic mass is 32.2. The molecular weight excluding hydrogens is 307 g/mol. The highest BCUT2D eigenvalue weighted by molar-refractivity contribution is 7.94. The molecule has 1 aromatic carbocycles. The van der Waals surface area contributed by atoms with E-state index in [0.717, 1.165) is 29.5 Å². The fourth-order valence-electron chi connectivity index (χ4n) is 1.42. The van der Waals surface area contributed by atoms with Crippen molar-refractivity contribution in [1.82, 2.24) is 4.98 Å². The van der Waals surface area contributed by atoms with Crippen molar-refractivity contribution in [3.63, 3.8) is 0 Å². The second kappa shape index (κ2) is 5.17. The van der Waals surface area contributed by atoms with Crippen LogP contribution in [0.5, 0.6) is 0 Å². The van der Waals surface area contributed by atoms with Gasteiger partial charge in [-0.3, -0.25) is 4.72 Å². The molecule has 1 heterocycles. The number of nitrogens with one attached hydrogen (secondary N) is 1. The molecule has 2 rings (SSSR count). The predicted molar refractivity (Wildman–Crippen MR) is 71.0 cm³/mol. The van der Waals surface area contributed by atoms with Gasteiger partial charge in [0, 0.05) is 5.69 Å². The van der Waals surface area contributed by atoms with Crippen LogP contribution in [-0.2, 0) is 10.0 Å². The number of sulfonamides is 1. The maximum absolute atomic E-state index is 13.2. The average Bonchev–Trinajstić information content (AvgIpc) is 2.78. The molecule has 0 aliphatic heterocycles. The van der Waals surface area contributed by atoms with E-state index in [1.807, 2.05) is 0 Å². The Balaban J connectivity index is 2.35. The van der Waals surface area contributed by atoms with Crippen LogP contribution in [0, 0.1) is 12.7 Å². The molecule has 0 spiro atoms. The number of aromatic nitrogens is 1. The number of anilines is 1. The van der Waals surface area contributed by atoms with Gasteiger partial charge in [0.25, 0.3) is 10.0 Å². The molecule has 20 heavy (non-hydrogen) atoms. The molecule has 0 aliphatic rings. The molecule has 0 atom stereocenters. The minimum absolute atomic E-state index is 0.00352. The van der Waals surface area contributed by atoms with Crippen molar-refractivity contribution in [3.05, 3.63) is 40.8 Å². The highest BCUT2D eigenvalue weighted by Crippen LogP contribution is 2.22. The summed E-state index contributed by atoms with van der Waals surface area (Å²) in [4.78, 5) is 14.6. The molecule has 0 unspecified atom stereocenters. The number of benzene rings is 1. The van der Waals surface area contributed by atoms with Crippen LogP contribution in [0.15, 0.2) is 28.6 Å². The number of carbonyl (C=O) groups is 1. The van der Waals surface area contributed by atoms with Gasteiger partial charge < -0.3 is 5.11 Å². The smallest absolute Gasteiger partial charge is 0.338 e. The van der Waals surface area contributed by atoms with Crippen molar-refractivity contribution in [2.45, 2.75) is 11.1 Å². The van der Waals surface area contributed by atoms with E-state index in [1.165, 1.54) is 6.20 Å². The van der Waals surface area contributed by atoms with Crippen LogP contribution in [0.25, 0.3) is 0 Å². The summed E-state index contributed by atoms with van der Waals surface area (Å²) in [5.74, 6) is -2.41. The third-order valence-corrected chi connectivity index (χ3v) is 5.07. The van der Waals surface area contributed by atoms with Gasteiger partial charge in [0.2, 0.25) is 0 Å². The van der Waals surface area contributed by atoms with E-state index in [9.17, 15) is 17.6 Å². The standard InChI is InChI=1S/C11H9FN2O4S2/c1-6-13-5-10(19-6)20(17,18)14-7-2-3-9(12)8(4-7)11(15)16/h2-5,14H,1H3,(H,15,16). The molecule has 106 valence electrons. The van der Waals surface area contributed by atoms with E-state index in [-0.39, 0.29) is 9.90 Å². The summed E-state index contributed by atoms with van der Waals surface area (Å²) in [6.45, 7) is 1.66. The van der Waals surface area contributed by atoms with Crippen molar-refractivity contribution in [2.75, 3.05) is 4.72 Å². The van der Waals surface area contributed by atoms with Gasteiger partial charge in [-0.25, -0.2) is 22.6 Å². The largest absolute Gasteiger partial charge is 0.478 e. The lowest BCUT2D eigenvalue weighted by Gasteiger charge is -2.07. The van der Waals surface area contributed by atoms with Crippen LogP contribution in [0.3, 0.4) is 0 Å². The summed E-state index contributed by atoms with van der Waals surface area (Å²) in [6, 6.07) is 2.95. The van der Waals surface area contributed by atoms with Crippen molar-refractivity contribution >= 4 is 33.0 Å². The minimum Gasteiger partial charge on any atom is -0.478 e. The molecular formula is C11H9FN2O4S2. The first-order valence-electron chi connectivity index (χ1n) is 5.28. The first kappa shape index (κ1) is 14.4. The Morgan fingerprint density at radius 3 is 2.70 bits per heavy atom. The van der Waals surface area contributed by atoms with Crippen LogP contribution in [0.1, 0.15) is 15.4 Å². The van der Waals surface area contributed by atoms with Crippen LogP contribution in [0.4, 0.5) is 10.1 Å². The van der Waals surface area contributed by atoms with E-state index in [2.05, 4.69) is 9.71 Å². The number of halogens is 1. The fourth-order valence-corrected chi connectivity index (χ4v) is 3.58. The molecule has 2 aromatic rings. The molecule has 1 aromatic heterocycles. The SMILES string of the molecule is Cc1ncc(S(=O)(=O)Nc2ccc(F)c(C(=O)O)c2)s1. The summed E-state index contributed by atoms with van der Waals surface area (Å²) in [5.41, 5.74) is -0.638. The number of nitrogens with zero attached hydrogens (tertiary/aromatic N) is 1. The predicted octanol–water partition coefficient (Wildman–Crippen LogP) is 2.09. The summed E-state index contributed by atoms with van der Waals surface area (Å²) in [7, 11) is -3.86. The summed E-state index contributed by atoms with van der Waals surface area (Å²) in [6.07, 6.45) is 1.20. The maximum atomic E-state index is 13.2. The van der Waals surface area contributed by atoms with E-state index in [0.29, 0.717) is 5.01 Å². The topological polar surface area (TPSA) is 96.4 Å². The van der Waals surface area contributed by atoms with Gasteiger partial charge in [0.05, 0.1) is 16.8 Å². The minimum atomic E-state index is -3.86. The molecule has 0 aliphatic carbocycles. The first-order valence-corrected chi connectivity index (χ1v) is 7.57. The van der Waals surface area contributed by atoms with Gasteiger partial charge in [-0.2, -0.15) is 0 Å². The Morgan fingerprint density at radius 2 is 2.15 bits per heavy atom. The molecule has 9 heteroatoms. The number of thiazole rings is 1. The summed E-state index contributed by atoms with van der Waals surface area (Å²) < 4.78 is 39.4. The zero-order valence-electron chi connectivity index (χ0n) is 10.1. The fraction of sp³-hybridized carbons (Fsp3) is 0.0909. The molecule has 0 fully saturated rings. The van der Waals surface area contributed by atoms with Crippen LogP contribution in [-0.4, -0.2) is 24.5 Å². The number of rotatable bonds is 4. The second-order valence-corrected chi connectivity index (χ2v) is 6.95. The number of carboxylic acids is 1. The van der Waals surface area contributed by atoms with Crippen LogP contribution < -0.4 is 4.72 Å². The third-order valence-electron chi connectivity index (χ3n) is 2.31. The lowest BCUT2D eigenvalue weighted by molar-refractivity contribution is 0.0692. The van der Waals surface area contributed by atoms with E-state index < -0.39 is 27.4 Å². The average molecular weight is 316 g/mol. The van der Waals surface area contributed by atoms with Gasteiger partial charge in [-0.15, -0.1) is 11.3 Å². The zero-order valence-corrected chi connectivity index (χ0v) is 11.8. The molecule has 0 bridgehead atoms. The number of aromatic carboxylic acids is 1. The van der Waals surface area contributed by atoms with E-state index in [4.69, 9.17) is 5.11 Å². The Morgan fingerprint density at radius 1 is 1.45 bits per heavy atom. The Kier molecular flexibility index (Phi) is 3.73. The van der Waals surface area contributed by atoms with E-state index in [1.54, 1.807) is 6.92 Å². The normalized spacial score (nSPS) is 11.3. The quantitative estimate of drug-likeness (QED) is 0.900. The molecule has 6 nitrogen and oxygen atoms in total.